The summed E-state index contributed by atoms with van der Waals surface area (Å²) in [5.74, 6) is 0.709. The summed E-state index contributed by atoms with van der Waals surface area (Å²) in [5.41, 5.74) is 7.30. The average Bonchev–Trinajstić information content (AvgIpc) is 2.73. The zero-order valence-corrected chi connectivity index (χ0v) is 11.2. The Labute approximate surface area is 110 Å². The zero-order valence-electron chi connectivity index (χ0n) is 11.2. The van der Waals surface area contributed by atoms with Gasteiger partial charge in [-0.1, -0.05) is 56.5 Å². The van der Waals surface area contributed by atoms with Crippen LogP contribution in [0.1, 0.15) is 38.2 Å². The molecule has 1 aliphatic rings. The van der Waals surface area contributed by atoms with Crippen LogP contribution in [0.25, 0.3) is 0 Å². The molecule has 2 N–H and O–H groups in total. The first-order valence-electron chi connectivity index (χ1n) is 6.91. The Morgan fingerprint density at radius 2 is 2.06 bits per heavy atom. The van der Waals surface area contributed by atoms with E-state index in [4.69, 9.17) is 5.73 Å². The monoisotopic (exact) mass is 245 g/mol. The van der Waals surface area contributed by atoms with Crippen molar-refractivity contribution in [3.63, 3.8) is 0 Å². The topological polar surface area (TPSA) is 41.6 Å². The van der Waals surface area contributed by atoms with Crippen molar-refractivity contribution in [1.29, 1.82) is 0 Å². The summed E-state index contributed by atoms with van der Waals surface area (Å²) >= 11 is 0. The molecule has 0 saturated heterocycles. The van der Waals surface area contributed by atoms with Gasteiger partial charge in [0.15, 0.2) is 5.96 Å². The molecule has 98 valence electrons. The molecule has 1 heterocycles. The highest BCUT2D eigenvalue weighted by molar-refractivity contribution is 5.80. The molecule has 1 atom stereocenters. The molecule has 3 heteroatoms. The van der Waals surface area contributed by atoms with Crippen LogP contribution in [0.2, 0.25) is 0 Å². The van der Waals surface area contributed by atoms with Crippen LogP contribution >= 0.6 is 0 Å². The minimum Gasteiger partial charge on any atom is -0.370 e. The molecular formula is C15H23N3. The van der Waals surface area contributed by atoms with Gasteiger partial charge in [0.05, 0.1) is 12.6 Å². The van der Waals surface area contributed by atoms with Crippen LogP contribution in [-0.4, -0.2) is 23.4 Å². The van der Waals surface area contributed by atoms with Gasteiger partial charge in [0.1, 0.15) is 0 Å². The van der Waals surface area contributed by atoms with Crippen molar-refractivity contribution in [3.05, 3.63) is 35.9 Å². The number of aliphatic imine (C=N–C) groups is 1. The first kappa shape index (κ1) is 12.9. The highest BCUT2D eigenvalue weighted by Crippen LogP contribution is 2.18. The van der Waals surface area contributed by atoms with Crippen molar-refractivity contribution in [1.82, 2.24) is 4.90 Å². The van der Waals surface area contributed by atoms with Gasteiger partial charge in [-0.2, -0.15) is 0 Å². The second kappa shape index (κ2) is 6.43. The third kappa shape index (κ3) is 3.25. The van der Waals surface area contributed by atoms with Crippen molar-refractivity contribution in [2.45, 2.75) is 45.2 Å². The van der Waals surface area contributed by atoms with Crippen molar-refractivity contribution >= 4 is 5.96 Å². The molecule has 2 rings (SSSR count). The highest BCUT2D eigenvalue weighted by Gasteiger charge is 2.25. The van der Waals surface area contributed by atoms with Gasteiger partial charge in [0.25, 0.3) is 0 Å². The molecule has 3 nitrogen and oxygen atoms in total. The Kier molecular flexibility index (Phi) is 4.62. The lowest BCUT2D eigenvalue weighted by atomic mass is 10.1. The van der Waals surface area contributed by atoms with Gasteiger partial charge in [-0.05, 0) is 12.0 Å². The average molecular weight is 245 g/mol. The summed E-state index contributed by atoms with van der Waals surface area (Å²) in [4.78, 5) is 6.65. The van der Waals surface area contributed by atoms with E-state index in [0.29, 0.717) is 12.0 Å². The van der Waals surface area contributed by atoms with E-state index in [1.54, 1.807) is 0 Å². The van der Waals surface area contributed by atoms with Crippen LogP contribution in [0.4, 0.5) is 0 Å². The number of rotatable bonds is 6. The van der Waals surface area contributed by atoms with E-state index in [1.165, 1.54) is 31.2 Å². The number of hydrogen-bond donors (Lipinski definition) is 1. The summed E-state index contributed by atoms with van der Waals surface area (Å²) < 4.78 is 0. The molecule has 0 bridgehead atoms. The minimum atomic E-state index is 0.497. The van der Waals surface area contributed by atoms with Gasteiger partial charge in [-0.15, -0.1) is 0 Å². The number of nitrogens with two attached hydrogens (primary N) is 1. The molecule has 1 aromatic rings. The summed E-state index contributed by atoms with van der Waals surface area (Å²) in [5, 5.41) is 0. The van der Waals surface area contributed by atoms with Crippen molar-refractivity contribution < 1.29 is 0 Å². The Bertz CT molecular complexity index is 386. The predicted octanol–water partition coefficient (Wildman–Crippen LogP) is 2.77. The molecule has 0 radical (unpaired) electrons. The zero-order chi connectivity index (χ0) is 12.8. The summed E-state index contributed by atoms with van der Waals surface area (Å²) in [6.45, 7) is 3.98. The third-order valence-corrected chi connectivity index (χ3v) is 3.54. The molecule has 0 spiro atoms. The van der Waals surface area contributed by atoms with Crippen molar-refractivity contribution in [2.24, 2.45) is 10.7 Å². The molecule has 0 saturated carbocycles. The molecule has 1 unspecified atom stereocenters. The lowest BCUT2D eigenvalue weighted by Crippen LogP contribution is -2.40. The van der Waals surface area contributed by atoms with Crippen LogP contribution in [0, 0.1) is 0 Å². The fourth-order valence-corrected chi connectivity index (χ4v) is 2.44. The maximum atomic E-state index is 6.00. The Morgan fingerprint density at radius 1 is 1.28 bits per heavy atom. The summed E-state index contributed by atoms with van der Waals surface area (Å²) in [6, 6.07) is 11.0. The number of nitrogens with zero attached hydrogens (tertiary/aromatic N) is 2. The SMILES string of the molecule is CCCCCC1CN=C(N)N1Cc1ccccc1. The van der Waals surface area contributed by atoms with Gasteiger partial charge >= 0.3 is 0 Å². The summed E-state index contributed by atoms with van der Waals surface area (Å²) in [7, 11) is 0. The van der Waals surface area contributed by atoms with E-state index < -0.39 is 0 Å². The molecular weight excluding hydrogens is 222 g/mol. The largest absolute Gasteiger partial charge is 0.370 e. The molecule has 0 amide bonds. The van der Waals surface area contributed by atoms with Gasteiger partial charge in [-0.25, -0.2) is 0 Å². The van der Waals surface area contributed by atoms with Crippen LogP contribution < -0.4 is 5.73 Å². The van der Waals surface area contributed by atoms with E-state index in [9.17, 15) is 0 Å². The van der Waals surface area contributed by atoms with Gasteiger partial charge in [0.2, 0.25) is 0 Å². The number of guanidine groups is 1. The lowest BCUT2D eigenvalue weighted by Gasteiger charge is -2.26. The quantitative estimate of drug-likeness (QED) is 0.783. The second-order valence-corrected chi connectivity index (χ2v) is 4.96. The first-order valence-corrected chi connectivity index (χ1v) is 6.91. The van der Waals surface area contributed by atoms with Crippen LogP contribution in [0.5, 0.6) is 0 Å². The standard InChI is InChI=1S/C15H23N3/c1-2-3-5-10-14-11-17-15(16)18(14)12-13-8-6-4-7-9-13/h4,6-9,14H,2-3,5,10-12H2,1H3,(H2,16,17). The van der Waals surface area contributed by atoms with E-state index in [2.05, 4.69) is 41.1 Å². The van der Waals surface area contributed by atoms with E-state index >= 15 is 0 Å². The third-order valence-electron chi connectivity index (χ3n) is 3.54. The predicted molar refractivity (Wildman–Crippen MR) is 76.4 cm³/mol. The van der Waals surface area contributed by atoms with E-state index in [-0.39, 0.29) is 0 Å². The van der Waals surface area contributed by atoms with Gasteiger partial charge in [-0.3, -0.25) is 4.99 Å². The number of benzene rings is 1. The van der Waals surface area contributed by atoms with E-state index in [1.807, 2.05) is 6.07 Å². The van der Waals surface area contributed by atoms with Crippen molar-refractivity contribution in [2.75, 3.05) is 6.54 Å². The first-order chi connectivity index (χ1) is 8.81. The van der Waals surface area contributed by atoms with Crippen LogP contribution in [0.15, 0.2) is 35.3 Å². The maximum Gasteiger partial charge on any atom is 0.191 e. The fraction of sp³-hybridized carbons (Fsp3) is 0.533. The Hall–Kier alpha value is -1.51. The lowest BCUT2D eigenvalue weighted by molar-refractivity contribution is 0.310. The number of hydrogen-bond acceptors (Lipinski definition) is 3. The molecule has 1 aromatic carbocycles. The second-order valence-electron chi connectivity index (χ2n) is 4.96. The normalized spacial score (nSPS) is 19.1. The Balaban J connectivity index is 1.93. The molecule has 1 aliphatic heterocycles. The van der Waals surface area contributed by atoms with Gasteiger partial charge < -0.3 is 10.6 Å². The molecule has 0 fully saturated rings. The van der Waals surface area contributed by atoms with E-state index in [0.717, 1.165) is 13.1 Å². The minimum absolute atomic E-state index is 0.497. The molecule has 18 heavy (non-hydrogen) atoms. The van der Waals surface area contributed by atoms with Crippen LogP contribution in [0.3, 0.4) is 0 Å². The van der Waals surface area contributed by atoms with Crippen molar-refractivity contribution in [3.8, 4) is 0 Å². The number of unbranched alkanes of at least 4 members (excludes halogenated alkanes) is 2. The summed E-state index contributed by atoms with van der Waals surface area (Å²) in [6.07, 6.45) is 5.04. The molecule has 0 aromatic heterocycles. The van der Waals surface area contributed by atoms with Crippen LogP contribution in [-0.2, 0) is 6.54 Å². The Morgan fingerprint density at radius 3 is 2.78 bits per heavy atom. The smallest absolute Gasteiger partial charge is 0.191 e. The highest BCUT2D eigenvalue weighted by atomic mass is 15.3. The fourth-order valence-electron chi connectivity index (χ4n) is 2.44. The molecule has 0 aliphatic carbocycles. The maximum absolute atomic E-state index is 6.00. The van der Waals surface area contributed by atoms with Gasteiger partial charge in [0, 0.05) is 6.54 Å².